The molecule has 7 heteroatoms. The van der Waals surface area contributed by atoms with Crippen molar-refractivity contribution in [3.05, 3.63) is 27.2 Å². The average molecular weight is 466 g/mol. The summed E-state index contributed by atoms with van der Waals surface area (Å²) in [6.45, 7) is 2.70. The van der Waals surface area contributed by atoms with E-state index in [9.17, 15) is 9.59 Å². The van der Waals surface area contributed by atoms with Crippen LogP contribution in [0, 0.1) is 0 Å². The highest BCUT2D eigenvalue weighted by Crippen LogP contribution is 2.36. The van der Waals surface area contributed by atoms with Crippen molar-refractivity contribution in [2.75, 3.05) is 6.61 Å². The normalized spacial score (nSPS) is 10.8. The van der Waals surface area contributed by atoms with Gasteiger partial charge in [-0.05, 0) is 31.4 Å². The smallest absolute Gasteiger partial charge is 0.311 e. The van der Waals surface area contributed by atoms with Gasteiger partial charge in [0.1, 0.15) is 0 Å². The molecule has 1 aromatic rings. The van der Waals surface area contributed by atoms with E-state index in [1.54, 1.807) is 0 Å². The summed E-state index contributed by atoms with van der Waals surface area (Å²) in [7, 11) is 0. The van der Waals surface area contributed by atoms with Gasteiger partial charge in [0.25, 0.3) is 0 Å². The van der Waals surface area contributed by atoms with Gasteiger partial charge >= 0.3 is 11.9 Å². The number of esters is 2. The number of hydrogen-bond acceptors (Lipinski definition) is 4. The van der Waals surface area contributed by atoms with E-state index in [0.717, 1.165) is 51.4 Å². The first-order valence-corrected chi connectivity index (χ1v) is 11.6. The van der Waals surface area contributed by atoms with Gasteiger partial charge in [-0.1, -0.05) is 86.7 Å². The highest BCUT2D eigenvalue weighted by Gasteiger charge is 2.13. The molecule has 1 aromatic carbocycles. The molecule has 0 aliphatic heterocycles. The van der Waals surface area contributed by atoms with Gasteiger partial charge in [-0.2, -0.15) is 0 Å². The summed E-state index contributed by atoms with van der Waals surface area (Å²) >= 11 is 17.8. The van der Waals surface area contributed by atoms with Crippen LogP contribution in [0.1, 0.15) is 84.0 Å². The molecule has 0 aliphatic carbocycles. The summed E-state index contributed by atoms with van der Waals surface area (Å²) in [5.41, 5.74) is 0. The summed E-state index contributed by atoms with van der Waals surface area (Å²) in [4.78, 5) is 23.5. The lowest BCUT2D eigenvalue weighted by Crippen LogP contribution is -2.08. The molecule has 0 saturated carbocycles. The molecule has 0 heterocycles. The first-order chi connectivity index (χ1) is 13.9. The molecule has 0 amide bonds. The second-order valence-electron chi connectivity index (χ2n) is 7.08. The molecule has 0 atom stereocenters. The summed E-state index contributed by atoms with van der Waals surface area (Å²) in [6.07, 6.45) is 10.8. The van der Waals surface area contributed by atoms with Crippen LogP contribution in [0.2, 0.25) is 15.1 Å². The number of halogens is 3. The zero-order valence-electron chi connectivity index (χ0n) is 17.1. The third kappa shape index (κ3) is 12.3. The van der Waals surface area contributed by atoms with Crippen LogP contribution in [0.15, 0.2) is 12.1 Å². The predicted octanol–water partition coefficient (Wildman–Crippen LogP) is 7.80. The average Bonchev–Trinajstić information content (AvgIpc) is 2.66. The van der Waals surface area contributed by atoms with Crippen LogP contribution < -0.4 is 4.74 Å². The van der Waals surface area contributed by atoms with Crippen LogP contribution in [-0.4, -0.2) is 18.5 Å². The van der Waals surface area contributed by atoms with Gasteiger partial charge in [0.05, 0.1) is 16.7 Å². The predicted molar refractivity (Wildman–Crippen MR) is 119 cm³/mol. The molecule has 0 spiro atoms. The van der Waals surface area contributed by atoms with E-state index in [2.05, 4.69) is 6.92 Å². The Kier molecular flexibility index (Phi) is 14.2. The van der Waals surface area contributed by atoms with E-state index in [1.807, 2.05) is 0 Å². The van der Waals surface area contributed by atoms with E-state index in [4.69, 9.17) is 44.3 Å². The van der Waals surface area contributed by atoms with Crippen molar-refractivity contribution < 1.29 is 19.1 Å². The maximum absolute atomic E-state index is 11.9. The number of ether oxygens (including phenoxy) is 2. The largest absolute Gasteiger partial charge is 0.466 e. The first kappa shape index (κ1) is 26.1. The zero-order chi connectivity index (χ0) is 21.5. The van der Waals surface area contributed by atoms with Gasteiger partial charge in [0, 0.05) is 17.9 Å². The third-order valence-corrected chi connectivity index (χ3v) is 5.23. The van der Waals surface area contributed by atoms with Crippen LogP contribution in [0.25, 0.3) is 0 Å². The molecular weight excluding hydrogens is 435 g/mol. The molecule has 0 aliphatic rings. The minimum Gasteiger partial charge on any atom is -0.466 e. The fourth-order valence-corrected chi connectivity index (χ4v) is 3.72. The minimum absolute atomic E-state index is 0.0937. The highest BCUT2D eigenvalue weighted by atomic mass is 35.5. The van der Waals surface area contributed by atoms with Gasteiger partial charge in [0.15, 0.2) is 5.75 Å². The monoisotopic (exact) mass is 464 g/mol. The number of carbonyl (C=O) groups is 2. The number of benzene rings is 1. The Labute approximate surface area is 189 Å². The van der Waals surface area contributed by atoms with Crippen LogP contribution >= 0.6 is 34.8 Å². The van der Waals surface area contributed by atoms with Crippen LogP contribution in [0.3, 0.4) is 0 Å². The summed E-state index contributed by atoms with van der Waals surface area (Å²) in [6, 6.07) is 2.97. The van der Waals surface area contributed by atoms with Crippen molar-refractivity contribution in [1.82, 2.24) is 0 Å². The van der Waals surface area contributed by atoms with Crippen LogP contribution in [-0.2, 0) is 14.3 Å². The fourth-order valence-electron chi connectivity index (χ4n) is 2.82. The lowest BCUT2D eigenvalue weighted by molar-refractivity contribution is -0.144. The molecular formula is C22H31Cl3O4. The topological polar surface area (TPSA) is 52.6 Å². The van der Waals surface area contributed by atoms with Gasteiger partial charge in [0.2, 0.25) is 0 Å². The second kappa shape index (κ2) is 15.8. The van der Waals surface area contributed by atoms with E-state index < -0.39 is 0 Å². The minimum atomic E-state index is -0.363. The summed E-state index contributed by atoms with van der Waals surface area (Å²) in [5.74, 6) is -0.304. The van der Waals surface area contributed by atoms with Gasteiger partial charge in [-0.25, -0.2) is 0 Å². The van der Waals surface area contributed by atoms with E-state index >= 15 is 0 Å². The Morgan fingerprint density at radius 2 is 1.28 bits per heavy atom. The number of hydrogen-bond donors (Lipinski definition) is 0. The first-order valence-electron chi connectivity index (χ1n) is 10.4. The molecule has 4 nitrogen and oxygen atoms in total. The maximum Gasteiger partial charge on any atom is 0.311 e. The Morgan fingerprint density at radius 3 is 1.86 bits per heavy atom. The lowest BCUT2D eigenvalue weighted by atomic mass is 10.1. The molecule has 164 valence electrons. The van der Waals surface area contributed by atoms with Crippen molar-refractivity contribution in [2.24, 2.45) is 0 Å². The Balaban J connectivity index is 2.02. The van der Waals surface area contributed by atoms with E-state index in [0.29, 0.717) is 24.5 Å². The molecule has 0 bridgehead atoms. The van der Waals surface area contributed by atoms with Gasteiger partial charge in [-0.15, -0.1) is 0 Å². The zero-order valence-corrected chi connectivity index (χ0v) is 19.4. The molecule has 0 saturated heterocycles. The Hall–Kier alpha value is -0.970. The van der Waals surface area contributed by atoms with E-state index in [1.165, 1.54) is 25.0 Å². The van der Waals surface area contributed by atoms with Crippen molar-refractivity contribution >= 4 is 46.7 Å². The maximum atomic E-state index is 11.9. The van der Waals surface area contributed by atoms with Crippen molar-refractivity contribution in [1.29, 1.82) is 0 Å². The van der Waals surface area contributed by atoms with E-state index in [-0.39, 0.29) is 27.7 Å². The fraction of sp³-hybridized carbons (Fsp3) is 0.636. The van der Waals surface area contributed by atoms with Gasteiger partial charge in [-0.3, -0.25) is 9.59 Å². The number of unbranched alkanes of at least 4 members (excludes halogenated alkanes) is 8. The SMILES string of the molecule is CCCCCCOC(=O)CCCCCCCCC(=O)Oc1c(Cl)cc(Cl)cc1Cl. The molecule has 29 heavy (non-hydrogen) atoms. The lowest BCUT2D eigenvalue weighted by Gasteiger charge is -2.08. The van der Waals surface area contributed by atoms with Crippen molar-refractivity contribution in [2.45, 2.75) is 84.0 Å². The third-order valence-electron chi connectivity index (χ3n) is 4.45. The summed E-state index contributed by atoms with van der Waals surface area (Å²) < 4.78 is 10.5. The number of carbonyl (C=O) groups excluding carboxylic acids is 2. The standard InChI is InChI=1S/C22H31Cl3O4/c1-2-3-4-11-14-28-20(26)12-9-7-5-6-8-10-13-21(27)29-22-18(24)15-17(23)16-19(22)25/h15-16H,2-14H2,1H3. The van der Waals surface area contributed by atoms with Crippen LogP contribution in [0.5, 0.6) is 5.75 Å². The van der Waals surface area contributed by atoms with Crippen molar-refractivity contribution in [3.63, 3.8) is 0 Å². The van der Waals surface area contributed by atoms with Gasteiger partial charge < -0.3 is 9.47 Å². The Bertz CT molecular complexity index is 611. The second-order valence-corrected chi connectivity index (χ2v) is 8.33. The number of rotatable bonds is 15. The molecule has 0 N–H and O–H groups in total. The van der Waals surface area contributed by atoms with Crippen LogP contribution in [0.4, 0.5) is 0 Å². The molecule has 0 unspecified atom stereocenters. The molecule has 0 aromatic heterocycles. The summed E-state index contributed by atoms with van der Waals surface area (Å²) in [5, 5.41) is 0.825. The molecule has 0 fully saturated rings. The Morgan fingerprint density at radius 1 is 0.759 bits per heavy atom. The van der Waals surface area contributed by atoms with Crippen molar-refractivity contribution in [3.8, 4) is 5.75 Å². The molecule has 1 rings (SSSR count). The highest BCUT2D eigenvalue weighted by molar-refractivity contribution is 6.40. The molecule has 0 radical (unpaired) electrons. The quantitative estimate of drug-likeness (QED) is 0.151.